The second kappa shape index (κ2) is 7.25. The van der Waals surface area contributed by atoms with E-state index in [0.29, 0.717) is 18.0 Å². The second-order valence-corrected chi connectivity index (χ2v) is 5.89. The van der Waals surface area contributed by atoms with E-state index < -0.39 is 6.10 Å². The van der Waals surface area contributed by atoms with E-state index in [4.69, 9.17) is 14.2 Å². The lowest BCUT2D eigenvalue weighted by Gasteiger charge is -2.25. The highest BCUT2D eigenvalue weighted by Crippen LogP contribution is 2.30. The zero-order chi connectivity index (χ0) is 16.9. The van der Waals surface area contributed by atoms with Crippen molar-refractivity contribution in [2.45, 2.75) is 32.6 Å². The average Bonchev–Trinajstić information content (AvgIpc) is 2.60. The van der Waals surface area contributed by atoms with E-state index >= 15 is 0 Å². The predicted molar refractivity (Wildman–Crippen MR) is 90.4 cm³/mol. The van der Waals surface area contributed by atoms with Gasteiger partial charge in [0.15, 0.2) is 11.5 Å². The number of carbonyl (C=O) groups is 1. The van der Waals surface area contributed by atoms with Crippen LogP contribution in [0.15, 0.2) is 48.5 Å². The van der Waals surface area contributed by atoms with Gasteiger partial charge in [0.05, 0.1) is 6.10 Å². The summed E-state index contributed by atoms with van der Waals surface area (Å²) in [6.45, 7) is 4.61. The number of amides is 1. The summed E-state index contributed by atoms with van der Waals surface area (Å²) in [4.78, 5) is 12.3. The van der Waals surface area contributed by atoms with Crippen molar-refractivity contribution in [3.63, 3.8) is 0 Å². The molecule has 1 heterocycles. The Labute approximate surface area is 141 Å². The smallest absolute Gasteiger partial charge is 0.264 e. The highest BCUT2D eigenvalue weighted by molar-refractivity contribution is 5.81. The molecule has 0 radical (unpaired) electrons. The van der Waals surface area contributed by atoms with E-state index in [1.165, 1.54) is 0 Å². The molecule has 2 aromatic rings. The first kappa shape index (κ1) is 16.2. The second-order valence-electron chi connectivity index (χ2n) is 5.89. The largest absolute Gasteiger partial charge is 0.491 e. The van der Waals surface area contributed by atoms with E-state index in [2.05, 4.69) is 5.32 Å². The SMILES string of the molecule is CC(C)Oc1ccc(CNC(=O)C2COc3ccccc3O2)cc1. The van der Waals surface area contributed by atoms with Crippen molar-refractivity contribution in [1.82, 2.24) is 5.32 Å². The maximum Gasteiger partial charge on any atom is 0.264 e. The van der Waals surface area contributed by atoms with Gasteiger partial charge in [0.1, 0.15) is 12.4 Å². The molecular weight excluding hydrogens is 306 g/mol. The van der Waals surface area contributed by atoms with Crippen LogP contribution in [0.5, 0.6) is 17.2 Å². The molecule has 0 bridgehead atoms. The van der Waals surface area contributed by atoms with Crippen LogP contribution < -0.4 is 19.5 Å². The maximum absolute atomic E-state index is 12.3. The van der Waals surface area contributed by atoms with Crippen LogP contribution in [0.4, 0.5) is 0 Å². The molecule has 0 saturated heterocycles. The highest BCUT2D eigenvalue weighted by Gasteiger charge is 2.26. The Hall–Kier alpha value is -2.69. The number of hydrogen-bond donors (Lipinski definition) is 1. The molecule has 0 saturated carbocycles. The zero-order valence-electron chi connectivity index (χ0n) is 13.8. The van der Waals surface area contributed by atoms with Crippen molar-refractivity contribution in [3.05, 3.63) is 54.1 Å². The Morgan fingerprint density at radius 3 is 2.58 bits per heavy atom. The van der Waals surface area contributed by atoms with Gasteiger partial charge < -0.3 is 19.5 Å². The Balaban J connectivity index is 1.53. The van der Waals surface area contributed by atoms with Gasteiger partial charge in [0.2, 0.25) is 6.10 Å². The van der Waals surface area contributed by atoms with E-state index in [1.54, 1.807) is 6.07 Å². The molecule has 3 rings (SSSR count). The zero-order valence-corrected chi connectivity index (χ0v) is 13.8. The van der Waals surface area contributed by atoms with Crippen LogP contribution in [0.3, 0.4) is 0 Å². The summed E-state index contributed by atoms with van der Waals surface area (Å²) in [7, 11) is 0. The van der Waals surface area contributed by atoms with Gasteiger partial charge in [-0.1, -0.05) is 24.3 Å². The summed E-state index contributed by atoms with van der Waals surface area (Å²) in [6, 6.07) is 15.0. The van der Waals surface area contributed by atoms with E-state index in [9.17, 15) is 4.79 Å². The van der Waals surface area contributed by atoms with E-state index in [1.807, 2.05) is 56.3 Å². The summed E-state index contributed by atoms with van der Waals surface area (Å²) in [5.74, 6) is 1.90. The predicted octanol–water partition coefficient (Wildman–Crippen LogP) is 2.93. The standard InChI is InChI=1S/C19H21NO4/c1-13(2)23-15-9-7-14(8-10-15)11-20-19(21)18-12-22-16-5-3-4-6-17(16)24-18/h3-10,13,18H,11-12H2,1-2H3,(H,20,21). The van der Waals surface area contributed by atoms with Crippen molar-refractivity contribution in [2.75, 3.05) is 6.61 Å². The molecule has 5 heteroatoms. The van der Waals surface area contributed by atoms with Crippen LogP contribution in [-0.4, -0.2) is 24.7 Å². The minimum Gasteiger partial charge on any atom is -0.491 e. The normalized spacial score (nSPS) is 15.9. The van der Waals surface area contributed by atoms with E-state index in [-0.39, 0.29) is 18.6 Å². The Bertz CT molecular complexity index is 697. The number of hydrogen-bond acceptors (Lipinski definition) is 4. The average molecular weight is 327 g/mol. The molecule has 0 aromatic heterocycles. The van der Waals surface area contributed by atoms with Crippen molar-refractivity contribution < 1.29 is 19.0 Å². The molecule has 1 unspecified atom stereocenters. The fourth-order valence-corrected chi connectivity index (χ4v) is 2.41. The Kier molecular flexibility index (Phi) is 4.89. The number of carbonyl (C=O) groups excluding carboxylic acids is 1. The van der Waals surface area contributed by atoms with Crippen LogP contribution in [0.1, 0.15) is 19.4 Å². The fourth-order valence-electron chi connectivity index (χ4n) is 2.41. The number of para-hydroxylation sites is 2. The van der Waals surface area contributed by atoms with Crippen molar-refractivity contribution in [3.8, 4) is 17.2 Å². The minimum atomic E-state index is -0.636. The lowest BCUT2D eigenvalue weighted by molar-refractivity contribution is -0.130. The maximum atomic E-state index is 12.3. The van der Waals surface area contributed by atoms with Gasteiger partial charge in [-0.05, 0) is 43.7 Å². The number of benzene rings is 2. The first-order valence-electron chi connectivity index (χ1n) is 8.03. The Morgan fingerprint density at radius 1 is 1.17 bits per heavy atom. The van der Waals surface area contributed by atoms with Crippen molar-refractivity contribution >= 4 is 5.91 Å². The number of ether oxygens (including phenoxy) is 3. The number of nitrogens with one attached hydrogen (secondary N) is 1. The van der Waals surface area contributed by atoms with Crippen LogP contribution >= 0.6 is 0 Å². The van der Waals surface area contributed by atoms with Gasteiger partial charge >= 0.3 is 0 Å². The monoisotopic (exact) mass is 327 g/mol. The number of fused-ring (bicyclic) bond motifs is 1. The molecule has 5 nitrogen and oxygen atoms in total. The topological polar surface area (TPSA) is 56.8 Å². The molecule has 0 fully saturated rings. The van der Waals surface area contributed by atoms with Gasteiger partial charge in [-0.15, -0.1) is 0 Å². The van der Waals surface area contributed by atoms with Gasteiger partial charge in [-0.25, -0.2) is 0 Å². The molecular formula is C19H21NO4. The number of rotatable bonds is 5. The molecule has 0 spiro atoms. The van der Waals surface area contributed by atoms with Crippen LogP contribution in [0, 0.1) is 0 Å². The van der Waals surface area contributed by atoms with Gasteiger partial charge in [0, 0.05) is 6.54 Å². The van der Waals surface area contributed by atoms with Gasteiger partial charge in [-0.2, -0.15) is 0 Å². The van der Waals surface area contributed by atoms with Crippen molar-refractivity contribution in [2.24, 2.45) is 0 Å². The van der Waals surface area contributed by atoms with Crippen LogP contribution in [0.2, 0.25) is 0 Å². The summed E-state index contributed by atoms with van der Waals surface area (Å²) in [5.41, 5.74) is 0.997. The molecule has 1 amide bonds. The third-order valence-corrected chi connectivity index (χ3v) is 3.56. The van der Waals surface area contributed by atoms with E-state index in [0.717, 1.165) is 11.3 Å². The molecule has 1 N–H and O–H groups in total. The quantitative estimate of drug-likeness (QED) is 0.917. The van der Waals surface area contributed by atoms with Crippen LogP contribution in [-0.2, 0) is 11.3 Å². The van der Waals surface area contributed by atoms with Crippen LogP contribution in [0.25, 0.3) is 0 Å². The van der Waals surface area contributed by atoms with Gasteiger partial charge in [0.25, 0.3) is 5.91 Å². The molecule has 1 atom stereocenters. The summed E-state index contributed by atoms with van der Waals surface area (Å²) < 4.78 is 16.8. The third-order valence-electron chi connectivity index (χ3n) is 3.56. The first-order chi connectivity index (χ1) is 11.6. The third kappa shape index (κ3) is 3.98. The minimum absolute atomic E-state index is 0.141. The van der Waals surface area contributed by atoms with Gasteiger partial charge in [-0.3, -0.25) is 4.79 Å². The highest BCUT2D eigenvalue weighted by atomic mass is 16.6. The Morgan fingerprint density at radius 2 is 1.88 bits per heavy atom. The molecule has 2 aromatic carbocycles. The lowest BCUT2D eigenvalue weighted by atomic mass is 10.2. The lowest BCUT2D eigenvalue weighted by Crippen LogP contribution is -2.43. The molecule has 126 valence electrons. The molecule has 1 aliphatic rings. The molecule has 24 heavy (non-hydrogen) atoms. The van der Waals surface area contributed by atoms with Crippen molar-refractivity contribution in [1.29, 1.82) is 0 Å². The molecule has 0 aliphatic carbocycles. The fraction of sp³-hybridized carbons (Fsp3) is 0.316. The first-order valence-corrected chi connectivity index (χ1v) is 8.03. The summed E-state index contributed by atoms with van der Waals surface area (Å²) in [5, 5.41) is 2.87. The summed E-state index contributed by atoms with van der Waals surface area (Å²) >= 11 is 0. The molecule has 1 aliphatic heterocycles. The summed E-state index contributed by atoms with van der Waals surface area (Å²) in [6.07, 6.45) is -0.495.